The number of ketones is 1. The third kappa shape index (κ3) is 3.95. The molecule has 0 bridgehead atoms. The first-order valence-electron chi connectivity index (χ1n) is 7.73. The Bertz CT molecular complexity index is 1100. The van der Waals surface area contributed by atoms with E-state index >= 15 is 0 Å². The van der Waals surface area contributed by atoms with E-state index in [4.69, 9.17) is 23.2 Å². The maximum absolute atomic E-state index is 12.7. The van der Waals surface area contributed by atoms with Crippen LogP contribution in [0.25, 0.3) is 0 Å². The van der Waals surface area contributed by atoms with Crippen LogP contribution in [0.1, 0.15) is 27.0 Å². The van der Waals surface area contributed by atoms with E-state index in [1.165, 1.54) is 10.8 Å². The number of aryl methyl sites for hydroxylation is 1. The van der Waals surface area contributed by atoms with Crippen LogP contribution in [-0.2, 0) is 6.54 Å². The van der Waals surface area contributed by atoms with E-state index in [9.17, 15) is 14.4 Å². The first-order valence-corrected chi connectivity index (χ1v) is 8.49. The van der Waals surface area contributed by atoms with Gasteiger partial charge in [0.15, 0.2) is 5.78 Å². The molecule has 2 aromatic carbocycles. The lowest BCUT2D eigenvalue weighted by molar-refractivity contribution is 0.103. The fourth-order valence-corrected chi connectivity index (χ4v) is 3.12. The Morgan fingerprint density at radius 3 is 2.42 bits per heavy atom. The lowest BCUT2D eigenvalue weighted by Crippen LogP contribution is -2.31. The summed E-state index contributed by atoms with van der Waals surface area (Å²) < 4.78 is 1.39. The molecule has 26 heavy (non-hydrogen) atoms. The predicted octanol–water partition coefficient (Wildman–Crippen LogP) is 3.43. The average Bonchev–Trinajstić information content (AvgIpc) is 2.58. The minimum atomic E-state index is -0.501. The highest BCUT2D eigenvalue weighted by Crippen LogP contribution is 2.21. The molecule has 0 atom stereocenters. The third-order valence-corrected chi connectivity index (χ3v) is 4.29. The normalized spacial score (nSPS) is 10.7. The van der Waals surface area contributed by atoms with Crippen LogP contribution in [0.5, 0.6) is 0 Å². The Kier molecular flexibility index (Phi) is 5.11. The number of aromatic nitrogens is 2. The maximum atomic E-state index is 12.7. The fourth-order valence-electron chi connectivity index (χ4n) is 2.60. The summed E-state index contributed by atoms with van der Waals surface area (Å²) in [5, 5.41) is 0.763. The SMILES string of the molecule is Cc1cn(Cc2cccc(C(=O)c3cc(Cl)cc(Cl)c3)c2)c(=O)[nH]c1=O. The minimum absolute atomic E-state index is 0.221. The van der Waals surface area contributed by atoms with Gasteiger partial charge < -0.3 is 0 Å². The summed E-state index contributed by atoms with van der Waals surface area (Å²) in [6.07, 6.45) is 1.49. The number of H-pyrrole nitrogens is 1. The second-order valence-electron chi connectivity index (χ2n) is 5.89. The zero-order chi connectivity index (χ0) is 18.8. The van der Waals surface area contributed by atoms with Crippen molar-refractivity contribution in [2.75, 3.05) is 0 Å². The smallest absolute Gasteiger partial charge is 0.296 e. The van der Waals surface area contributed by atoms with Crippen LogP contribution in [0.2, 0.25) is 10.0 Å². The van der Waals surface area contributed by atoms with Crippen LogP contribution in [0.15, 0.2) is 58.3 Å². The van der Waals surface area contributed by atoms with Crippen LogP contribution in [0.4, 0.5) is 0 Å². The van der Waals surface area contributed by atoms with E-state index in [0.29, 0.717) is 26.7 Å². The molecule has 1 N–H and O–H groups in total. The lowest BCUT2D eigenvalue weighted by Gasteiger charge is -2.08. The Morgan fingerprint density at radius 1 is 1.04 bits per heavy atom. The summed E-state index contributed by atoms with van der Waals surface area (Å²) >= 11 is 11.9. The van der Waals surface area contributed by atoms with E-state index in [1.54, 1.807) is 49.4 Å². The zero-order valence-electron chi connectivity index (χ0n) is 13.8. The molecule has 7 heteroatoms. The van der Waals surface area contributed by atoms with Gasteiger partial charge in [-0.15, -0.1) is 0 Å². The Balaban J connectivity index is 1.93. The molecule has 5 nitrogen and oxygen atoms in total. The number of halogens is 2. The number of hydrogen-bond donors (Lipinski definition) is 1. The number of carbonyl (C=O) groups is 1. The van der Waals surface area contributed by atoms with Gasteiger partial charge in [-0.2, -0.15) is 0 Å². The van der Waals surface area contributed by atoms with Crippen molar-refractivity contribution in [3.8, 4) is 0 Å². The van der Waals surface area contributed by atoms with E-state index < -0.39 is 11.2 Å². The summed E-state index contributed by atoms with van der Waals surface area (Å²) in [5.74, 6) is -0.221. The molecular formula is C19H14Cl2N2O3. The average molecular weight is 389 g/mol. The number of aromatic amines is 1. The van der Waals surface area contributed by atoms with Gasteiger partial charge in [0.05, 0.1) is 6.54 Å². The van der Waals surface area contributed by atoms with Crippen molar-refractivity contribution in [1.82, 2.24) is 9.55 Å². The molecule has 3 rings (SSSR count). The summed E-state index contributed by atoms with van der Waals surface area (Å²) in [4.78, 5) is 38.3. The summed E-state index contributed by atoms with van der Waals surface area (Å²) in [5.41, 5.74) is 1.11. The van der Waals surface area contributed by atoms with Crippen molar-refractivity contribution in [1.29, 1.82) is 0 Å². The molecule has 0 aliphatic heterocycles. The first-order chi connectivity index (χ1) is 12.3. The molecule has 0 saturated heterocycles. The summed E-state index contributed by atoms with van der Waals surface area (Å²) in [6.45, 7) is 1.85. The summed E-state index contributed by atoms with van der Waals surface area (Å²) in [7, 11) is 0. The summed E-state index contributed by atoms with van der Waals surface area (Å²) in [6, 6.07) is 11.6. The van der Waals surface area contributed by atoms with Crippen LogP contribution in [-0.4, -0.2) is 15.3 Å². The predicted molar refractivity (Wildman–Crippen MR) is 101 cm³/mol. The number of hydrogen-bond acceptors (Lipinski definition) is 3. The molecule has 1 heterocycles. The van der Waals surface area contributed by atoms with Crippen LogP contribution < -0.4 is 11.2 Å². The van der Waals surface area contributed by atoms with Crippen molar-refractivity contribution < 1.29 is 4.79 Å². The van der Waals surface area contributed by atoms with Crippen LogP contribution >= 0.6 is 23.2 Å². The van der Waals surface area contributed by atoms with Gasteiger partial charge in [0.2, 0.25) is 0 Å². The molecule has 0 fully saturated rings. The number of benzene rings is 2. The van der Waals surface area contributed by atoms with Crippen LogP contribution in [0, 0.1) is 6.92 Å². The highest BCUT2D eigenvalue weighted by atomic mass is 35.5. The van der Waals surface area contributed by atoms with Crippen LogP contribution in [0.3, 0.4) is 0 Å². The Labute approximate surface area is 158 Å². The van der Waals surface area contributed by atoms with E-state index in [2.05, 4.69) is 4.98 Å². The molecule has 132 valence electrons. The van der Waals surface area contributed by atoms with Gasteiger partial charge in [0.25, 0.3) is 5.56 Å². The number of nitrogens with zero attached hydrogens (tertiary/aromatic N) is 1. The Hall–Kier alpha value is -2.63. The topological polar surface area (TPSA) is 71.9 Å². The van der Waals surface area contributed by atoms with Crippen molar-refractivity contribution >= 4 is 29.0 Å². The third-order valence-electron chi connectivity index (χ3n) is 3.86. The molecule has 0 aliphatic rings. The highest BCUT2D eigenvalue weighted by molar-refractivity contribution is 6.35. The molecule has 0 amide bonds. The first kappa shape index (κ1) is 18.2. The Morgan fingerprint density at radius 2 is 1.73 bits per heavy atom. The van der Waals surface area contributed by atoms with Gasteiger partial charge in [0, 0.05) is 32.9 Å². The molecule has 0 radical (unpaired) electrons. The molecule has 0 unspecified atom stereocenters. The monoisotopic (exact) mass is 388 g/mol. The maximum Gasteiger partial charge on any atom is 0.328 e. The van der Waals surface area contributed by atoms with E-state index in [0.717, 1.165) is 5.56 Å². The second-order valence-corrected chi connectivity index (χ2v) is 6.76. The van der Waals surface area contributed by atoms with E-state index in [1.807, 2.05) is 0 Å². The van der Waals surface area contributed by atoms with E-state index in [-0.39, 0.29) is 12.3 Å². The minimum Gasteiger partial charge on any atom is -0.296 e. The molecule has 3 aromatic rings. The van der Waals surface area contributed by atoms with Crippen molar-refractivity contribution in [3.63, 3.8) is 0 Å². The van der Waals surface area contributed by atoms with Gasteiger partial charge in [-0.1, -0.05) is 41.4 Å². The van der Waals surface area contributed by atoms with Gasteiger partial charge >= 0.3 is 5.69 Å². The van der Waals surface area contributed by atoms with Gasteiger partial charge in [-0.25, -0.2) is 4.79 Å². The quantitative estimate of drug-likeness (QED) is 0.695. The molecule has 0 aliphatic carbocycles. The zero-order valence-corrected chi connectivity index (χ0v) is 15.3. The number of carbonyl (C=O) groups excluding carboxylic acids is 1. The van der Waals surface area contributed by atoms with Crippen molar-refractivity contribution in [2.24, 2.45) is 0 Å². The van der Waals surface area contributed by atoms with Gasteiger partial charge in [0.1, 0.15) is 0 Å². The van der Waals surface area contributed by atoms with Gasteiger partial charge in [-0.3, -0.25) is 19.1 Å². The largest absolute Gasteiger partial charge is 0.328 e. The molecule has 0 spiro atoms. The lowest BCUT2D eigenvalue weighted by atomic mass is 10.0. The standard InChI is InChI=1S/C19H14Cl2N2O3/c1-11-9-23(19(26)22-18(11)25)10-12-3-2-4-13(5-12)17(24)14-6-15(20)8-16(21)7-14/h2-9H,10H2,1H3,(H,22,25,26). The van der Waals surface area contributed by atoms with Crippen molar-refractivity contribution in [3.05, 3.63) is 102 Å². The molecule has 1 aromatic heterocycles. The molecule has 0 saturated carbocycles. The van der Waals surface area contributed by atoms with Crippen molar-refractivity contribution in [2.45, 2.75) is 13.5 Å². The number of rotatable bonds is 4. The molecular weight excluding hydrogens is 375 g/mol. The fraction of sp³-hybridized carbons (Fsp3) is 0.105. The number of nitrogens with one attached hydrogen (secondary N) is 1. The highest BCUT2D eigenvalue weighted by Gasteiger charge is 2.12. The second kappa shape index (κ2) is 7.32. The van der Waals surface area contributed by atoms with Gasteiger partial charge in [-0.05, 0) is 36.8 Å².